The maximum Gasteiger partial charge on any atom is 0.0165 e. The smallest absolute Gasteiger partial charge is 0.0165 e. The van der Waals surface area contributed by atoms with E-state index in [4.69, 9.17) is 0 Å². The molecule has 0 heterocycles. The molecule has 0 radical (unpaired) electrons. The number of benzene rings is 6. The monoisotopic (exact) mass is 434 g/mol. The van der Waals surface area contributed by atoms with Gasteiger partial charge in [0, 0.05) is 10.8 Å². The topological polar surface area (TPSA) is 0 Å². The molecule has 0 atom stereocenters. The standard InChI is InChI=1S/C34H26/c1-33(2)25-17-9-15-21-20-12-6-8-14-24(20)32-30(27(21)25)29-28-22(16-10-18-26(28)34(32,3)4)19-11-5-7-13-23(19)31(29)33/h5-18H,1-4H3. The van der Waals surface area contributed by atoms with Gasteiger partial charge >= 0.3 is 0 Å². The average Bonchev–Trinajstić information content (AvgIpc) is 2.85. The molecule has 0 bridgehead atoms. The van der Waals surface area contributed by atoms with Crippen LogP contribution in [0.4, 0.5) is 0 Å². The van der Waals surface area contributed by atoms with Crippen LogP contribution < -0.4 is 0 Å². The van der Waals surface area contributed by atoms with E-state index in [1.165, 1.54) is 76.5 Å². The van der Waals surface area contributed by atoms with Gasteiger partial charge in [-0.2, -0.15) is 0 Å². The first-order valence-corrected chi connectivity index (χ1v) is 12.4. The Kier molecular flexibility index (Phi) is 3.14. The Morgan fingerprint density at radius 3 is 1.15 bits per heavy atom. The van der Waals surface area contributed by atoms with Gasteiger partial charge in [-0.25, -0.2) is 0 Å². The summed E-state index contributed by atoms with van der Waals surface area (Å²) in [7, 11) is 0. The quantitative estimate of drug-likeness (QED) is 0.209. The lowest BCUT2D eigenvalue weighted by Gasteiger charge is -2.44. The van der Waals surface area contributed by atoms with E-state index in [1.54, 1.807) is 0 Å². The fraction of sp³-hybridized carbons (Fsp3) is 0.176. The van der Waals surface area contributed by atoms with Crippen LogP contribution in [-0.2, 0) is 10.8 Å². The van der Waals surface area contributed by atoms with Crippen LogP contribution in [0, 0.1) is 0 Å². The number of rotatable bonds is 0. The molecular weight excluding hydrogens is 408 g/mol. The van der Waals surface area contributed by atoms with E-state index in [1.807, 2.05) is 0 Å². The number of hydrogen-bond acceptors (Lipinski definition) is 0. The fourth-order valence-corrected chi connectivity index (χ4v) is 7.59. The van der Waals surface area contributed by atoms with Crippen LogP contribution >= 0.6 is 0 Å². The van der Waals surface area contributed by atoms with Gasteiger partial charge in [-0.1, -0.05) is 113 Å². The highest BCUT2D eigenvalue weighted by Gasteiger charge is 2.44. The lowest BCUT2D eigenvalue weighted by molar-refractivity contribution is 0.634. The molecule has 0 unspecified atom stereocenters. The summed E-state index contributed by atoms with van der Waals surface area (Å²) in [5.74, 6) is 0. The van der Waals surface area contributed by atoms with Crippen molar-refractivity contribution in [2.45, 2.75) is 38.5 Å². The number of fused-ring (bicyclic) bond motifs is 6. The largest absolute Gasteiger partial charge is 0.0616 e. The first-order valence-electron chi connectivity index (χ1n) is 12.4. The highest BCUT2D eigenvalue weighted by Crippen LogP contribution is 2.61. The van der Waals surface area contributed by atoms with Gasteiger partial charge in [0.15, 0.2) is 0 Å². The van der Waals surface area contributed by atoms with Crippen molar-refractivity contribution in [1.82, 2.24) is 0 Å². The molecule has 0 spiro atoms. The van der Waals surface area contributed by atoms with E-state index < -0.39 is 0 Å². The van der Waals surface area contributed by atoms with E-state index in [0.717, 1.165) is 0 Å². The molecule has 6 aromatic rings. The van der Waals surface area contributed by atoms with Crippen molar-refractivity contribution < 1.29 is 0 Å². The zero-order chi connectivity index (χ0) is 23.0. The van der Waals surface area contributed by atoms with E-state index >= 15 is 0 Å². The second kappa shape index (κ2) is 5.70. The van der Waals surface area contributed by atoms with Crippen molar-refractivity contribution >= 4 is 43.1 Å². The van der Waals surface area contributed by atoms with Gasteiger partial charge in [0.2, 0.25) is 0 Å². The van der Waals surface area contributed by atoms with Crippen LogP contribution in [-0.4, -0.2) is 0 Å². The van der Waals surface area contributed by atoms with E-state index in [-0.39, 0.29) is 10.8 Å². The van der Waals surface area contributed by atoms with Gasteiger partial charge < -0.3 is 0 Å². The Morgan fingerprint density at radius 2 is 0.735 bits per heavy atom. The predicted molar refractivity (Wildman–Crippen MR) is 146 cm³/mol. The van der Waals surface area contributed by atoms with Crippen LogP contribution in [0.15, 0.2) is 84.9 Å². The Labute approximate surface area is 199 Å². The fourth-order valence-electron chi connectivity index (χ4n) is 7.59. The van der Waals surface area contributed by atoms with E-state index in [2.05, 4.69) is 113 Å². The van der Waals surface area contributed by atoms with Gasteiger partial charge in [0.1, 0.15) is 0 Å². The summed E-state index contributed by atoms with van der Waals surface area (Å²) in [5.41, 5.74) is 8.69. The Bertz CT molecular complexity index is 1750. The van der Waals surface area contributed by atoms with E-state index in [0.29, 0.717) is 0 Å². The molecule has 0 aromatic heterocycles. The van der Waals surface area contributed by atoms with Crippen molar-refractivity contribution in [3.8, 4) is 11.1 Å². The highest BCUT2D eigenvalue weighted by molar-refractivity contribution is 6.27. The lowest BCUT2D eigenvalue weighted by Crippen LogP contribution is -2.31. The molecule has 0 saturated carbocycles. The maximum absolute atomic E-state index is 2.44. The molecule has 6 aromatic carbocycles. The highest BCUT2D eigenvalue weighted by atomic mass is 14.5. The number of hydrogen-bond donors (Lipinski definition) is 0. The summed E-state index contributed by atoms with van der Waals surface area (Å²) in [4.78, 5) is 0. The molecule has 0 aliphatic heterocycles. The Hall–Kier alpha value is -3.64. The molecule has 0 N–H and O–H groups in total. The third-order valence-corrected chi connectivity index (χ3v) is 8.95. The summed E-state index contributed by atoms with van der Waals surface area (Å²) in [6.45, 7) is 9.75. The van der Waals surface area contributed by atoms with Gasteiger partial charge in [-0.3, -0.25) is 0 Å². The van der Waals surface area contributed by atoms with Crippen LogP contribution in [0.1, 0.15) is 49.9 Å². The van der Waals surface area contributed by atoms with Gasteiger partial charge in [-0.15, -0.1) is 0 Å². The molecule has 0 amide bonds. The molecule has 0 heteroatoms. The molecule has 0 nitrogen and oxygen atoms in total. The second-order valence-electron chi connectivity index (χ2n) is 11.3. The van der Waals surface area contributed by atoms with Crippen molar-refractivity contribution in [1.29, 1.82) is 0 Å². The van der Waals surface area contributed by atoms with Crippen LogP contribution in [0.2, 0.25) is 0 Å². The molecule has 34 heavy (non-hydrogen) atoms. The maximum atomic E-state index is 2.44. The third kappa shape index (κ3) is 1.88. The second-order valence-corrected chi connectivity index (χ2v) is 11.3. The molecule has 2 aliphatic carbocycles. The summed E-state index contributed by atoms with van der Waals surface area (Å²) < 4.78 is 0. The minimum atomic E-state index is -0.0933. The third-order valence-electron chi connectivity index (χ3n) is 8.95. The lowest BCUT2D eigenvalue weighted by atomic mass is 9.58. The zero-order valence-electron chi connectivity index (χ0n) is 20.1. The van der Waals surface area contributed by atoms with Gasteiger partial charge in [-0.05, 0) is 76.5 Å². The summed E-state index contributed by atoms with van der Waals surface area (Å²) >= 11 is 0. The molecule has 0 saturated heterocycles. The van der Waals surface area contributed by atoms with Crippen molar-refractivity contribution in [2.75, 3.05) is 0 Å². The molecule has 162 valence electrons. The van der Waals surface area contributed by atoms with Crippen LogP contribution in [0.25, 0.3) is 54.2 Å². The first kappa shape index (κ1) is 18.7. The SMILES string of the molecule is CC1(C)c2c3c4c(cccc4c4ccccc24)C(C)(C)c2c-3c3c1cccc3c1ccccc21. The Morgan fingerprint density at radius 1 is 0.382 bits per heavy atom. The molecule has 0 fully saturated rings. The first-order chi connectivity index (χ1) is 16.4. The van der Waals surface area contributed by atoms with Crippen LogP contribution in [0.3, 0.4) is 0 Å². The zero-order valence-corrected chi connectivity index (χ0v) is 20.1. The predicted octanol–water partition coefficient (Wildman–Crippen LogP) is 9.24. The molecule has 8 rings (SSSR count). The van der Waals surface area contributed by atoms with E-state index in [9.17, 15) is 0 Å². The Balaban J connectivity index is 1.83. The van der Waals surface area contributed by atoms with Gasteiger partial charge in [0.05, 0.1) is 0 Å². The van der Waals surface area contributed by atoms with Crippen molar-refractivity contribution in [2.24, 2.45) is 0 Å². The van der Waals surface area contributed by atoms with Crippen LogP contribution in [0.5, 0.6) is 0 Å². The van der Waals surface area contributed by atoms with Crippen molar-refractivity contribution in [3.05, 3.63) is 107 Å². The van der Waals surface area contributed by atoms with Crippen molar-refractivity contribution in [3.63, 3.8) is 0 Å². The minimum absolute atomic E-state index is 0.0933. The average molecular weight is 435 g/mol. The summed E-state index contributed by atoms with van der Waals surface area (Å²) in [6, 6.07) is 32.1. The van der Waals surface area contributed by atoms with Gasteiger partial charge in [0.25, 0.3) is 0 Å². The molecule has 2 aliphatic rings. The summed E-state index contributed by atoms with van der Waals surface area (Å²) in [5, 5.41) is 11.3. The minimum Gasteiger partial charge on any atom is -0.0616 e. The molecular formula is C34H26. The normalized spacial score (nSPS) is 16.7. The summed E-state index contributed by atoms with van der Waals surface area (Å²) in [6.07, 6.45) is 0.